The molecule has 2 aromatic carbocycles. The molecule has 0 spiro atoms. The Morgan fingerprint density at radius 1 is 1.24 bits per heavy atom. The Morgan fingerprint density at radius 2 is 2.00 bits per heavy atom. The van der Waals surface area contributed by atoms with Gasteiger partial charge in [-0.25, -0.2) is 9.11 Å². The van der Waals surface area contributed by atoms with Gasteiger partial charge in [0.2, 0.25) is 0 Å². The molecule has 130 valence electrons. The van der Waals surface area contributed by atoms with E-state index in [2.05, 4.69) is 23.1 Å². The number of aromatic nitrogens is 1. The van der Waals surface area contributed by atoms with Crippen molar-refractivity contribution in [2.75, 3.05) is 11.0 Å². The van der Waals surface area contributed by atoms with Gasteiger partial charge in [0.05, 0.1) is 11.2 Å². The molecule has 0 amide bonds. The summed E-state index contributed by atoms with van der Waals surface area (Å²) in [7, 11) is -1.48. The number of hydrogen-bond donors (Lipinski definition) is 2. The van der Waals surface area contributed by atoms with Gasteiger partial charge in [-0.3, -0.25) is 0 Å². The molecular weight excluding hydrogens is 337 g/mol. The molecule has 0 fully saturated rings. The van der Waals surface area contributed by atoms with Crippen LogP contribution in [0.2, 0.25) is 0 Å². The highest BCUT2D eigenvalue weighted by Gasteiger charge is 2.14. The number of nitrogens with zero attached hydrogens (tertiary/aromatic N) is 1. The molecule has 1 unspecified atom stereocenters. The molecule has 0 radical (unpaired) electrons. The summed E-state index contributed by atoms with van der Waals surface area (Å²) in [6.45, 7) is 4.17. The lowest BCUT2D eigenvalue weighted by Crippen LogP contribution is -2.01. The van der Waals surface area contributed by atoms with Crippen LogP contribution in [0.1, 0.15) is 25.5 Å². The molecule has 6 heteroatoms. The minimum atomic E-state index is -1.48. The lowest BCUT2D eigenvalue weighted by Gasteiger charge is -2.09. The molecule has 3 aromatic rings. The van der Waals surface area contributed by atoms with E-state index in [1.807, 2.05) is 30.5 Å². The average molecular weight is 358 g/mol. The topological polar surface area (TPSA) is 57.9 Å². The monoisotopic (exact) mass is 358 g/mol. The maximum Gasteiger partial charge on any atom is 0.160 e. The second kappa shape index (κ2) is 6.80. The van der Waals surface area contributed by atoms with Crippen LogP contribution in [0.15, 0.2) is 42.6 Å². The van der Waals surface area contributed by atoms with Gasteiger partial charge in [0.15, 0.2) is 11.0 Å². The van der Waals surface area contributed by atoms with Gasteiger partial charge in [-0.2, -0.15) is 0 Å². The molecule has 25 heavy (non-hydrogen) atoms. The van der Waals surface area contributed by atoms with E-state index in [0.717, 1.165) is 33.9 Å². The number of fused-ring (bicyclic) bond motifs is 1. The van der Waals surface area contributed by atoms with Gasteiger partial charge in [0.25, 0.3) is 0 Å². The highest BCUT2D eigenvalue weighted by Crippen LogP contribution is 2.34. The first-order chi connectivity index (χ1) is 11.9. The molecule has 0 saturated heterocycles. The minimum Gasteiger partial charge on any atom is -0.344 e. The van der Waals surface area contributed by atoms with E-state index < -0.39 is 16.8 Å². The molecule has 1 aromatic heterocycles. The molecular formula is C19H21FN3OS+. The predicted molar refractivity (Wildman–Crippen MR) is 105 cm³/mol. The average Bonchev–Trinajstić information content (AvgIpc) is 2.93. The third-order valence-electron chi connectivity index (χ3n) is 4.14. The maximum absolute atomic E-state index is 14.1. The summed E-state index contributed by atoms with van der Waals surface area (Å²) in [5.74, 6) is -0.404. The predicted octanol–water partition coefficient (Wildman–Crippen LogP) is 4.68. The molecule has 1 atom stereocenters. The van der Waals surface area contributed by atoms with Crippen LogP contribution in [-0.2, 0) is 15.2 Å². The fraction of sp³-hybridized carbons (Fsp3) is 0.211. The minimum absolute atomic E-state index is 0.229. The van der Waals surface area contributed by atoms with Crippen LogP contribution in [0.5, 0.6) is 0 Å². The Morgan fingerprint density at radius 3 is 2.60 bits per heavy atom. The van der Waals surface area contributed by atoms with Gasteiger partial charge in [-0.05, 0) is 49.7 Å². The van der Waals surface area contributed by atoms with Crippen molar-refractivity contribution < 1.29 is 8.60 Å². The number of anilines is 1. The summed E-state index contributed by atoms with van der Waals surface area (Å²) in [6.07, 6.45) is 4.66. The summed E-state index contributed by atoms with van der Waals surface area (Å²) in [5.41, 5.74) is 3.78. The highest BCUT2D eigenvalue weighted by atomic mass is 32.2. The van der Waals surface area contributed by atoms with Gasteiger partial charge in [0, 0.05) is 35.0 Å². The third kappa shape index (κ3) is 3.35. The Balaban J connectivity index is 2.20. The molecule has 0 aliphatic carbocycles. The zero-order valence-corrected chi connectivity index (χ0v) is 15.3. The van der Waals surface area contributed by atoms with E-state index in [0.29, 0.717) is 0 Å². The molecule has 2 N–H and O–H groups in total. The van der Waals surface area contributed by atoms with Crippen molar-refractivity contribution >= 4 is 33.8 Å². The number of thiol groups is 1. The summed E-state index contributed by atoms with van der Waals surface area (Å²) < 4.78 is 30.6. The maximum atomic E-state index is 14.1. The van der Waals surface area contributed by atoms with Crippen molar-refractivity contribution in [1.82, 2.24) is 4.57 Å². The van der Waals surface area contributed by atoms with Gasteiger partial charge >= 0.3 is 0 Å². The van der Waals surface area contributed by atoms with Crippen LogP contribution in [0.3, 0.4) is 0 Å². The molecule has 0 bridgehead atoms. The third-order valence-corrected chi connectivity index (χ3v) is 4.72. The van der Waals surface area contributed by atoms with Crippen molar-refractivity contribution in [2.45, 2.75) is 19.9 Å². The van der Waals surface area contributed by atoms with E-state index in [4.69, 9.17) is 5.41 Å². The van der Waals surface area contributed by atoms with Crippen molar-refractivity contribution in [1.29, 1.82) is 5.41 Å². The van der Waals surface area contributed by atoms with Crippen molar-refractivity contribution in [3.8, 4) is 11.1 Å². The number of halogens is 1. The van der Waals surface area contributed by atoms with Crippen molar-refractivity contribution in [2.24, 2.45) is 0 Å². The molecule has 0 aliphatic heterocycles. The highest BCUT2D eigenvalue weighted by molar-refractivity contribution is 7.85. The first kappa shape index (κ1) is 17.4. The van der Waals surface area contributed by atoms with Crippen LogP contribution in [0.4, 0.5) is 10.1 Å². The van der Waals surface area contributed by atoms with E-state index >= 15 is 0 Å². The standard InChI is InChI=1S/C19H20FN3OS/c1-12(2)23-11-17(13-4-5-14(10-21)18(20)8-13)16-7-6-15(9-19(16)23)22-25(3)24/h4-12,21H,1-3H3,(H,22,24)/p+1. The lowest BCUT2D eigenvalue weighted by molar-refractivity contribution is 0.601. The fourth-order valence-electron chi connectivity index (χ4n) is 2.97. The Hall–Kier alpha value is -2.47. The Bertz CT molecular complexity index is 978. The summed E-state index contributed by atoms with van der Waals surface area (Å²) >= 11 is 0. The second-order valence-corrected chi connectivity index (χ2v) is 7.48. The molecule has 3 rings (SSSR count). The lowest BCUT2D eigenvalue weighted by atomic mass is 10.0. The normalized spacial score (nSPS) is 12.5. The number of nitrogens with one attached hydrogen (secondary N) is 2. The molecule has 1 heterocycles. The molecule has 0 saturated carbocycles. The zero-order valence-electron chi connectivity index (χ0n) is 14.4. The summed E-state index contributed by atoms with van der Waals surface area (Å²) in [6, 6.07) is 11.0. The second-order valence-electron chi connectivity index (χ2n) is 6.27. The van der Waals surface area contributed by atoms with Crippen LogP contribution in [0.25, 0.3) is 22.0 Å². The first-order valence-electron chi connectivity index (χ1n) is 8.03. The molecule has 0 aliphatic rings. The van der Waals surface area contributed by atoms with E-state index in [1.165, 1.54) is 6.07 Å². The Kier molecular flexibility index (Phi) is 4.72. The molecule has 4 nitrogen and oxygen atoms in total. The first-order valence-corrected chi connectivity index (χ1v) is 9.74. The van der Waals surface area contributed by atoms with Gasteiger partial charge in [0.1, 0.15) is 12.1 Å². The van der Waals surface area contributed by atoms with E-state index in [1.54, 1.807) is 12.3 Å². The van der Waals surface area contributed by atoms with Crippen LogP contribution < -0.4 is 4.72 Å². The van der Waals surface area contributed by atoms with E-state index in [9.17, 15) is 8.60 Å². The van der Waals surface area contributed by atoms with Crippen molar-refractivity contribution in [3.05, 3.63) is 54.0 Å². The Labute approximate surface area is 148 Å². The smallest absolute Gasteiger partial charge is 0.160 e. The fourth-order valence-corrected chi connectivity index (χ4v) is 3.47. The SMILES string of the molecule is CC(C)n1cc(-c2ccc(C=N)c(F)c2)c2ccc(N[SH+](C)=O)cc21. The van der Waals surface area contributed by atoms with Gasteiger partial charge in [-0.1, -0.05) is 10.3 Å². The number of benzene rings is 2. The zero-order chi connectivity index (χ0) is 18.1. The largest absolute Gasteiger partial charge is 0.344 e. The van der Waals surface area contributed by atoms with Crippen LogP contribution in [0, 0.1) is 11.2 Å². The summed E-state index contributed by atoms with van der Waals surface area (Å²) in [4.78, 5) is 0. The number of hydrogen-bond acceptors (Lipinski definition) is 2. The van der Waals surface area contributed by atoms with Crippen LogP contribution >= 0.6 is 0 Å². The van der Waals surface area contributed by atoms with Gasteiger partial charge in [-0.15, -0.1) is 0 Å². The summed E-state index contributed by atoms with van der Waals surface area (Å²) in [5, 5.41) is 8.24. The quantitative estimate of drug-likeness (QED) is 0.388. The number of rotatable bonds is 5. The van der Waals surface area contributed by atoms with Crippen molar-refractivity contribution in [3.63, 3.8) is 0 Å². The van der Waals surface area contributed by atoms with Crippen LogP contribution in [-0.4, -0.2) is 17.0 Å². The van der Waals surface area contributed by atoms with E-state index in [-0.39, 0.29) is 11.6 Å². The van der Waals surface area contributed by atoms with Gasteiger partial charge < -0.3 is 9.98 Å².